The third kappa shape index (κ3) is 3.14. The Balaban J connectivity index is 1.59. The molecule has 0 bridgehead atoms. The van der Waals surface area contributed by atoms with Gasteiger partial charge in [0.25, 0.3) is 0 Å². The number of nitrogens with zero attached hydrogens (tertiary/aromatic N) is 2. The van der Waals surface area contributed by atoms with Crippen molar-refractivity contribution in [1.29, 1.82) is 0 Å². The van der Waals surface area contributed by atoms with Gasteiger partial charge in [-0.25, -0.2) is 9.97 Å². The quantitative estimate of drug-likeness (QED) is 0.768. The van der Waals surface area contributed by atoms with Crippen LogP contribution in [-0.4, -0.2) is 35.6 Å². The summed E-state index contributed by atoms with van der Waals surface area (Å²) in [6.45, 7) is 6.01. The molecule has 24 heavy (non-hydrogen) atoms. The molecule has 2 N–H and O–H groups in total. The van der Waals surface area contributed by atoms with Crippen LogP contribution in [0.5, 0.6) is 0 Å². The number of hydrogen-bond donors (Lipinski definition) is 2. The minimum atomic E-state index is 0.526. The lowest BCUT2D eigenvalue weighted by atomic mass is 10.1. The largest absolute Gasteiger partial charge is 0.366 e. The molecule has 1 saturated heterocycles. The van der Waals surface area contributed by atoms with E-state index in [0.717, 1.165) is 16.0 Å². The summed E-state index contributed by atoms with van der Waals surface area (Å²) in [5.41, 5.74) is 1.24. The molecule has 0 atom stereocenters. The van der Waals surface area contributed by atoms with Crippen molar-refractivity contribution < 1.29 is 4.90 Å². The summed E-state index contributed by atoms with van der Waals surface area (Å²) in [5, 5.41) is 4.82. The highest BCUT2D eigenvalue weighted by molar-refractivity contribution is 7.21. The minimum absolute atomic E-state index is 0.526. The second-order valence-corrected chi connectivity index (χ2v) is 7.47. The maximum atomic E-state index is 4.52. The standard InChI is InChI=1S/C19H22N4S/c1-2-23-10-8-15(9-11-23)22-18-16-12-17(14-6-4-3-5-7-14)24-19(16)21-13-20-18/h3-7,12-13,15H,2,8-11H2,1H3,(H,20,21,22)/p+1. The van der Waals surface area contributed by atoms with Crippen LogP contribution in [0.4, 0.5) is 5.82 Å². The van der Waals surface area contributed by atoms with E-state index in [4.69, 9.17) is 0 Å². The molecule has 1 aliphatic heterocycles. The zero-order valence-corrected chi connectivity index (χ0v) is 14.8. The third-order valence-corrected chi connectivity index (χ3v) is 6.01. The lowest BCUT2D eigenvalue weighted by molar-refractivity contribution is -0.903. The number of nitrogens with one attached hydrogen (secondary N) is 2. The van der Waals surface area contributed by atoms with Crippen LogP contribution in [0.2, 0.25) is 0 Å². The molecular formula is C19H23N4S+. The highest BCUT2D eigenvalue weighted by Gasteiger charge is 2.22. The van der Waals surface area contributed by atoms with E-state index in [0.29, 0.717) is 6.04 Å². The van der Waals surface area contributed by atoms with Crippen molar-refractivity contribution in [1.82, 2.24) is 9.97 Å². The number of thiophene rings is 1. The summed E-state index contributed by atoms with van der Waals surface area (Å²) in [6, 6.07) is 13.3. The van der Waals surface area contributed by atoms with Crippen molar-refractivity contribution in [3.8, 4) is 10.4 Å². The second kappa shape index (κ2) is 6.87. The topological polar surface area (TPSA) is 42.2 Å². The van der Waals surface area contributed by atoms with Crippen LogP contribution in [0.15, 0.2) is 42.7 Å². The number of anilines is 1. The summed E-state index contributed by atoms with van der Waals surface area (Å²) in [5.74, 6) is 0.989. The first-order valence-corrected chi connectivity index (χ1v) is 9.55. The van der Waals surface area contributed by atoms with Crippen molar-refractivity contribution in [2.75, 3.05) is 25.0 Å². The zero-order valence-electron chi connectivity index (χ0n) is 14.0. The molecule has 0 amide bonds. The van der Waals surface area contributed by atoms with Gasteiger partial charge >= 0.3 is 0 Å². The molecule has 0 saturated carbocycles. The molecular weight excluding hydrogens is 316 g/mol. The molecule has 3 aromatic rings. The smallest absolute Gasteiger partial charge is 0.138 e. The number of fused-ring (bicyclic) bond motifs is 1. The van der Waals surface area contributed by atoms with E-state index < -0.39 is 0 Å². The molecule has 5 heteroatoms. The molecule has 3 heterocycles. The number of aromatic nitrogens is 2. The molecule has 4 nitrogen and oxygen atoms in total. The number of piperidine rings is 1. The molecule has 0 spiro atoms. The second-order valence-electron chi connectivity index (χ2n) is 6.44. The van der Waals surface area contributed by atoms with Crippen molar-refractivity contribution in [2.45, 2.75) is 25.8 Å². The lowest BCUT2D eigenvalue weighted by Gasteiger charge is -2.29. The fourth-order valence-electron chi connectivity index (χ4n) is 3.43. The first-order chi connectivity index (χ1) is 11.8. The minimum Gasteiger partial charge on any atom is -0.366 e. The average molecular weight is 339 g/mol. The highest BCUT2D eigenvalue weighted by atomic mass is 32.1. The van der Waals surface area contributed by atoms with Crippen LogP contribution < -0.4 is 10.2 Å². The lowest BCUT2D eigenvalue weighted by Crippen LogP contribution is -3.13. The summed E-state index contributed by atoms with van der Waals surface area (Å²) in [6.07, 6.45) is 4.11. The van der Waals surface area contributed by atoms with Gasteiger partial charge in [0.05, 0.1) is 25.0 Å². The summed E-state index contributed by atoms with van der Waals surface area (Å²) < 4.78 is 0. The van der Waals surface area contributed by atoms with Crippen molar-refractivity contribution in [2.24, 2.45) is 0 Å². The summed E-state index contributed by atoms with van der Waals surface area (Å²) in [4.78, 5) is 13.0. The average Bonchev–Trinajstić information content (AvgIpc) is 3.08. The Morgan fingerprint density at radius 3 is 2.71 bits per heavy atom. The number of quaternary nitrogens is 1. The first-order valence-electron chi connectivity index (χ1n) is 8.73. The SMILES string of the molecule is CC[NH+]1CCC(Nc2ncnc3sc(-c4ccccc4)cc23)CC1. The van der Waals surface area contributed by atoms with Crippen molar-refractivity contribution >= 4 is 27.4 Å². The number of hydrogen-bond acceptors (Lipinski definition) is 4. The van der Waals surface area contributed by atoms with E-state index in [1.165, 1.54) is 42.9 Å². The van der Waals surface area contributed by atoms with Gasteiger partial charge in [0.15, 0.2) is 0 Å². The van der Waals surface area contributed by atoms with Gasteiger partial charge in [0, 0.05) is 23.8 Å². The molecule has 1 aliphatic rings. The van der Waals surface area contributed by atoms with Gasteiger partial charge < -0.3 is 10.2 Å². The van der Waals surface area contributed by atoms with Gasteiger partial charge in [-0.3, -0.25) is 0 Å². The molecule has 124 valence electrons. The Morgan fingerprint density at radius 1 is 1.17 bits per heavy atom. The van der Waals surface area contributed by atoms with Gasteiger partial charge in [0.1, 0.15) is 17.0 Å². The van der Waals surface area contributed by atoms with Crippen LogP contribution >= 0.6 is 11.3 Å². The molecule has 0 aliphatic carbocycles. The molecule has 0 unspecified atom stereocenters. The predicted molar refractivity (Wildman–Crippen MR) is 101 cm³/mol. The van der Waals surface area contributed by atoms with E-state index in [2.05, 4.69) is 52.5 Å². The Bertz CT molecular complexity index is 807. The maximum absolute atomic E-state index is 4.52. The van der Waals surface area contributed by atoms with E-state index in [-0.39, 0.29) is 0 Å². The van der Waals surface area contributed by atoms with Crippen LogP contribution in [0.1, 0.15) is 19.8 Å². The van der Waals surface area contributed by atoms with Crippen LogP contribution in [0.3, 0.4) is 0 Å². The van der Waals surface area contributed by atoms with E-state index in [1.807, 2.05) is 6.07 Å². The molecule has 2 aromatic heterocycles. The normalized spacial score (nSPS) is 21.0. The van der Waals surface area contributed by atoms with Gasteiger partial charge in [-0.2, -0.15) is 0 Å². The first kappa shape index (κ1) is 15.5. The zero-order chi connectivity index (χ0) is 16.4. The number of benzene rings is 1. The Kier molecular flexibility index (Phi) is 4.45. The van der Waals surface area contributed by atoms with E-state index >= 15 is 0 Å². The van der Waals surface area contributed by atoms with E-state index in [9.17, 15) is 0 Å². The van der Waals surface area contributed by atoms with E-state index in [1.54, 1.807) is 22.6 Å². The molecule has 0 radical (unpaired) electrons. The summed E-state index contributed by atoms with van der Waals surface area (Å²) >= 11 is 1.74. The van der Waals surface area contributed by atoms with Gasteiger partial charge in [-0.1, -0.05) is 30.3 Å². The number of likely N-dealkylation sites (tertiary alicyclic amines) is 1. The fraction of sp³-hybridized carbons (Fsp3) is 0.368. The highest BCUT2D eigenvalue weighted by Crippen LogP contribution is 2.35. The third-order valence-electron chi connectivity index (χ3n) is 4.92. The van der Waals surface area contributed by atoms with Gasteiger partial charge in [0.2, 0.25) is 0 Å². The Morgan fingerprint density at radius 2 is 1.96 bits per heavy atom. The maximum Gasteiger partial charge on any atom is 0.138 e. The monoisotopic (exact) mass is 339 g/mol. The predicted octanol–water partition coefficient (Wildman–Crippen LogP) is 2.84. The molecule has 1 aromatic carbocycles. The number of rotatable bonds is 4. The van der Waals surface area contributed by atoms with Crippen LogP contribution in [0, 0.1) is 0 Å². The van der Waals surface area contributed by atoms with Crippen LogP contribution in [0.25, 0.3) is 20.7 Å². The molecule has 4 rings (SSSR count). The van der Waals surface area contributed by atoms with Gasteiger partial charge in [-0.05, 0) is 18.6 Å². The Labute approximate surface area is 146 Å². The van der Waals surface area contributed by atoms with Crippen LogP contribution in [-0.2, 0) is 0 Å². The van der Waals surface area contributed by atoms with Crippen molar-refractivity contribution in [3.05, 3.63) is 42.7 Å². The fourth-order valence-corrected chi connectivity index (χ4v) is 4.44. The van der Waals surface area contributed by atoms with Crippen molar-refractivity contribution in [3.63, 3.8) is 0 Å². The summed E-state index contributed by atoms with van der Waals surface area (Å²) in [7, 11) is 0. The Hall–Kier alpha value is -1.98. The van der Waals surface area contributed by atoms with Gasteiger partial charge in [-0.15, -0.1) is 11.3 Å². The molecule has 1 fully saturated rings.